The highest BCUT2D eigenvalue weighted by molar-refractivity contribution is 5.76. The first kappa shape index (κ1) is 20.1. The van der Waals surface area contributed by atoms with Crippen molar-refractivity contribution in [3.63, 3.8) is 0 Å². The molecule has 3 aromatic rings. The maximum atomic E-state index is 10.6. The molecule has 0 bridgehead atoms. The predicted octanol–water partition coefficient (Wildman–Crippen LogP) is 3.76. The second-order valence-electron chi connectivity index (χ2n) is 7.66. The van der Waals surface area contributed by atoms with E-state index in [9.17, 15) is 4.79 Å². The molecule has 1 amide bonds. The minimum Gasteiger partial charge on any atom is -0.465 e. The molecular formula is C23H27N5O2. The smallest absolute Gasteiger partial charge is 0.404 e. The standard InChI is InChI=1S/C23H27N5O2/c1-27(20-12-6-8-17-9-7-14-24-22(17)20)16-21-26-18-10-2-3-11-19(18)28(21)15-5-4-13-25-23(29)30/h2-5,7,9-11,14,20,25H,6,8,12-13,15-16H2,1H3,(H,29,30)/b5-4-. The van der Waals surface area contributed by atoms with E-state index >= 15 is 0 Å². The summed E-state index contributed by atoms with van der Waals surface area (Å²) in [6.07, 6.45) is 8.04. The fourth-order valence-corrected chi connectivity index (χ4v) is 4.21. The average molecular weight is 406 g/mol. The maximum Gasteiger partial charge on any atom is 0.404 e. The van der Waals surface area contributed by atoms with Gasteiger partial charge >= 0.3 is 6.09 Å². The molecule has 0 saturated heterocycles. The van der Waals surface area contributed by atoms with Crippen LogP contribution >= 0.6 is 0 Å². The number of nitrogens with zero attached hydrogens (tertiary/aromatic N) is 4. The van der Waals surface area contributed by atoms with Gasteiger partial charge in [-0.1, -0.05) is 30.4 Å². The van der Waals surface area contributed by atoms with E-state index in [0.29, 0.717) is 19.1 Å². The van der Waals surface area contributed by atoms with Crippen molar-refractivity contribution in [2.24, 2.45) is 0 Å². The SMILES string of the molecule is CN(Cc1nc2ccccc2n1C/C=C\CNC(=O)O)C1CCCc2cccnc21. The molecule has 0 radical (unpaired) electrons. The van der Waals surface area contributed by atoms with E-state index in [1.165, 1.54) is 17.7 Å². The number of aryl methyl sites for hydroxylation is 1. The minimum absolute atomic E-state index is 0.290. The third-order valence-electron chi connectivity index (χ3n) is 5.65. The third kappa shape index (κ3) is 4.36. The molecule has 1 aliphatic carbocycles. The Morgan fingerprint density at radius 1 is 1.30 bits per heavy atom. The molecule has 4 rings (SSSR count). The number of carbonyl (C=O) groups is 1. The van der Waals surface area contributed by atoms with Crippen molar-refractivity contribution in [1.82, 2.24) is 24.8 Å². The normalized spacial score (nSPS) is 16.3. The Bertz CT molecular complexity index is 1060. The van der Waals surface area contributed by atoms with E-state index in [2.05, 4.69) is 38.9 Å². The Balaban J connectivity index is 1.56. The number of pyridine rings is 1. The predicted molar refractivity (Wildman–Crippen MR) is 116 cm³/mol. The second-order valence-corrected chi connectivity index (χ2v) is 7.66. The first-order valence-electron chi connectivity index (χ1n) is 10.3. The molecular weight excluding hydrogens is 378 g/mol. The molecule has 1 unspecified atom stereocenters. The van der Waals surface area contributed by atoms with E-state index in [0.717, 1.165) is 36.2 Å². The Kier molecular flexibility index (Phi) is 6.09. The van der Waals surface area contributed by atoms with E-state index in [1.54, 1.807) is 0 Å². The molecule has 2 N–H and O–H groups in total. The van der Waals surface area contributed by atoms with Crippen molar-refractivity contribution in [3.8, 4) is 0 Å². The summed E-state index contributed by atoms with van der Waals surface area (Å²) in [5.41, 5.74) is 4.59. The van der Waals surface area contributed by atoms with Gasteiger partial charge in [-0.25, -0.2) is 9.78 Å². The highest BCUT2D eigenvalue weighted by atomic mass is 16.4. The Labute approximate surface area is 176 Å². The minimum atomic E-state index is -1.02. The molecule has 0 saturated carbocycles. The van der Waals surface area contributed by atoms with Crippen LogP contribution in [0.5, 0.6) is 0 Å². The summed E-state index contributed by atoms with van der Waals surface area (Å²) < 4.78 is 2.20. The van der Waals surface area contributed by atoms with E-state index in [4.69, 9.17) is 10.1 Å². The number of carboxylic acid groups (broad SMARTS) is 1. The molecule has 1 aromatic carbocycles. The number of allylic oxidation sites excluding steroid dienone is 1. The fraction of sp³-hybridized carbons (Fsp3) is 0.348. The monoisotopic (exact) mass is 405 g/mol. The molecule has 2 aromatic heterocycles. The number of fused-ring (bicyclic) bond motifs is 2. The summed E-state index contributed by atoms with van der Waals surface area (Å²) in [7, 11) is 2.14. The third-order valence-corrected chi connectivity index (χ3v) is 5.65. The summed E-state index contributed by atoms with van der Waals surface area (Å²) in [5.74, 6) is 0.998. The van der Waals surface area contributed by atoms with Crippen molar-refractivity contribution in [1.29, 1.82) is 0 Å². The number of imidazole rings is 1. The van der Waals surface area contributed by atoms with E-state index < -0.39 is 6.09 Å². The van der Waals surface area contributed by atoms with Crippen LogP contribution in [0.4, 0.5) is 4.79 Å². The quantitative estimate of drug-likeness (QED) is 0.585. The van der Waals surface area contributed by atoms with Crippen LogP contribution in [0.3, 0.4) is 0 Å². The van der Waals surface area contributed by atoms with Gasteiger partial charge in [0.25, 0.3) is 0 Å². The lowest BCUT2D eigenvalue weighted by molar-refractivity contribution is 0.195. The number of nitrogens with one attached hydrogen (secondary N) is 1. The second kappa shape index (κ2) is 9.09. The molecule has 7 nitrogen and oxygen atoms in total. The topological polar surface area (TPSA) is 83.3 Å². The zero-order valence-electron chi connectivity index (χ0n) is 17.2. The Morgan fingerprint density at radius 3 is 3.03 bits per heavy atom. The van der Waals surface area contributed by atoms with Gasteiger partial charge in [0.1, 0.15) is 5.82 Å². The summed E-state index contributed by atoms with van der Waals surface area (Å²) in [6.45, 7) is 1.66. The van der Waals surface area contributed by atoms with Crippen molar-refractivity contribution < 1.29 is 9.90 Å². The van der Waals surface area contributed by atoms with Gasteiger partial charge in [-0.15, -0.1) is 0 Å². The maximum absolute atomic E-state index is 10.6. The highest BCUT2D eigenvalue weighted by Crippen LogP contribution is 2.32. The Hall–Kier alpha value is -3.19. The lowest BCUT2D eigenvalue weighted by Gasteiger charge is -2.32. The number of rotatable bonds is 7. The molecule has 30 heavy (non-hydrogen) atoms. The molecule has 0 spiro atoms. The molecule has 2 heterocycles. The van der Waals surface area contributed by atoms with Gasteiger partial charge in [0.05, 0.1) is 29.3 Å². The number of para-hydroxylation sites is 2. The van der Waals surface area contributed by atoms with Crippen molar-refractivity contribution in [2.45, 2.75) is 38.4 Å². The van der Waals surface area contributed by atoms with Gasteiger partial charge in [0.15, 0.2) is 0 Å². The zero-order chi connectivity index (χ0) is 20.9. The summed E-state index contributed by atoms with van der Waals surface area (Å²) in [6, 6.07) is 12.6. The highest BCUT2D eigenvalue weighted by Gasteiger charge is 2.26. The van der Waals surface area contributed by atoms with Gasteiger partial charge in [-0.3, -0.25) is 9.88 Å². The van der Waals surface area contributed by atoms with E-state index in [1.807, 2.05) is 42.6 Å². The van der Waals surface area contributed by atoms with Crippen LogP contribution in [0, 0.1) is 0 Å². The lowest BCUT2D eigenvalue weighted by atomic mass is 9.91. The Morgan fingerprint density at radius 2 is 2.17 bits per heavy atom. The molecule has 156 valence electrons. The average Bonchev–Trinajstić information content (AvgIpc) is 3.10. The number of benzene rings is 1. The lowest BCUT2D eigenvalue weighted by Crippen LogP contribution is -2.29. The summed E-state index contributed by atoms with van der Waals surface area (Å²) in [5, 5.41) is 11.1. The molecule has 0 aliphatic heterocycles. The van der Waals surface area contributed by atoms with Crippen molar-refractivity contribution in [3.05, 3.63) is 71.8 Å². The van der Waals surface area contributed by atoms with Gasteiger partial charge < -0.3 is 15.0 Å². The van der Waals surface area contributed by atoms with Crippen LogP contribution in [0.15, 0.2) is 54.7 Å². The van der Waals surface area contributed by atoms with Gasteiger partial charge in [-0.05, 0) is 50.1 Å². The molecule has 1 atom stereocenters. The summed E-state index contributed by atoms with van der Waals surface area (Å²) >= 11 is 0. The first-order valence-corrected chi connectivity index (χ1v) is 10.3. The number of hydrogen-bond donors (Lipinski definition) is 2. The number of hydrogen-bond acceptors (Lipinski definition) is 4. The number of amides is 1. The summed E-state index contributed by atoms with van der Waals surface area (Å²) in [4.78, 5) is 22.5. The van der Waals surface area contributed by atoms with Crippen LogP contribution < -0.4 is 5.32 Å². The van der Waals surface area contributed by atoms with Crippen LogP contribution in [0.1, 0.15) is 36.0 Å². The zero-order valence-corrected chi connectivity index (χ0v) is 17.2. The van der Waals surface area contributed by atoms with Crippen LogP contribution in [0.25, 0.3) is 11.0 Å². The van der Waals surface area contributed by atoms with Gasteiger partial charge in [0, 0.05) is 19.3 Å². The number of aromatic nitrogens is 3. The molecule has 7 heteroatoms. The molecule has 0 fully saturated rings. The van der Waals surface area contributed by atoms with Crippen molar-refractivity contribution >= 4 is 17.1 Å². The van der Waals surface area contributed by atoms with Crippen LogP contribution in [0.2, 0.25) is 0 Å². The first-order chi connectivity index (χ1) is 14.6. The fourth-order valence-electron chi connectivity index (χ4n) is 4.21. The van der Waals surface area contributed by atoms with Crippen LogP contribution in [-0.4, -0.2) is 44.2 Å². The van der Waals surface area contributed by atoms with Gasteiger partial charge in [0.2, 0.25) is 0 Å². The molecule has 1 aliphatic rings. The van der Waals surface area contributed by atoms with E-state index in [-0.39, 0.29) is 0 Å². The van der Waals surface area contributed by atoms with Gasteiger partial charge in [-0.2, -0.15) is 0 Å². The van der Waals surface area contributed by atoms with Crippen LogP contribution in [-0.2, 0) is 19.5 Å². The van der Waals surface area contributed by atoms with Crippen molar-refractivity contribution in [2.75, 3.05) is 13.6 Å². The largest absolute Gasteiger partial charge is 0.465 e.